The third kappa shape index (κ3) is 2.72. The first kappa shape index (κ1) is 11.1. The maximum absolute atomic E-state index is 10.6. The standard InChI is InChI=1S/C8H6Br2O2S/c9-4-1-2-5(6(10)3-4)7(13)8(11)12/h1-3,7,13H,(H,11,12). The van der Waals surface area contributed by atoms with Gasteiger partial charge in [0.05, 0.1) is 0 Å². The molecular weight excluding hydrogens is 320 g/mol. The molecule has 0 aromatic heterocycles. The van der Waals surface area contributed by atoms with E-state index in [1.807, 2.05) is 0 Å². The number of benzene rings is 1. The van der Waals surface area contributed by atoms with Gasteiger partial charge in [-0.1, -0.05) is 37.9 Å². The molecular formula is C8H6Br2O2S. The van der Waals surface area contributed by atoms with Gasteiger partial charge in [0.25, 0.3) is 0 Å². The van der Waals surface area contributed by atoms with Crippen LogP contribution in [0.3, 0.4) is 0 Å². The van der Waals surface area contributed by atoms with Crippen molar-refractivity contribution in [2.45, 2.75) is 5.25 Å². The SMILES string of the molecule is O=C(O)C(S)c1ccc(Br)cc1Br. The van der Waals surface area contributed by atoms with Crippen molar-refractivity contribution in [3.8, 4) is 0 Å². The third-order valence-corrected chi connectivity index (χ3v) is 3.17. The van der Waals surface area contributed by atoms with Crippen molar-refractivity contribution in [1.82, 2.24) is 0 Å². The highest BCUT2D eigenvalue weighted by atomic mass is 79.9. The summed E-state index contributed by atoms with van der Waals surface area (Å²) in [6, 6.07) is 5.30. The smallest absolute Gasteiger partial charge is 0.320 e. The first-order valence-corrected chi connectivity index (χ1v) is 5.48. The van der Waals surface area contributed by atoms with E-state index >= 15 is 0 Å². The van der Waals surface area contributed by atoms with E-state index in [0.29, 0.717) is 5.56 Å². The maximum atomic E-state index is 10.6. The minimum absolute atomic E-state index is 0.652. The maximum Gasteiger partial charge on any atom is 0.320 e. The minimum atomic E-state index is -0.952. The quantitative estimate of drug-likeness (QED) is 0.819. The molecule has 1 rings (SSSR count). The van der Waals surface area contributed by atoms with Crippen molar-refractivity contribution >= 4 is 50.5 Å². The minimum Gasteiger partial charge on any atom is -0.480 e. The van der Waals surface area contributed by atoms with Crippen molar-refractivity contribution < 1.29 is 9.90 Å². The summed E-state index contributed by atoms with van der Waals surface area (Å²) in [5, 5.41) is 7.93. The highest BCUT2D eigenvalue weighted by molar-refractivity contribution is 9.11. The molecule has 1 aromatic carbocycles. The van der Waals surface area contributed by atoms with E-state index in [2.05, 4.69) is 44.5 Å². The molecule has 1 N–H and O–H groups in total. The fourth-order valence-electron chi connectivity index (χ4n) is 0.856. The van der Waals surface area contributed by atoms with Gasteiger partial charge in [-0.25, -0.2) is 0 Å². The molecule has 0 saturated heterocycles. The number of carbonyl (C=O) groups is 1. The van der Waals surface area contributed by atoms with Crippen molar-refractivity contribution in [3.05, 3.63) is 32.7 Å². The average Bonchev–Trinajstić information content (AvgIpc) is 2.03. The molecule has 1 aromatic rings. The van der Waals surface area contributed by atoms with Gasteiger partial charge < -0.3 is 5.11 Å². The second-order valence-corrected chi connectivity index (χ2v) is 4.69. The zero-order valence-electron chi connectivity index (χ0n) is 6.37. The molecule has 0 saturated carbocycles. The summed E-state index contributed by atoms with van der Waals surface area (Å²) in [4.78, 5) is 10.6. The highest BCUT2D eigenvalue weighted by Crippen LogP contribution is 2.30. The lowest BCUT2D eigenvalue weighted by Gasteiger charge is -2.08. The fraction of sp³-hybridized carbons (Fsp3) is 0.125. The molecule has 13 heavy (non-hydrogen) atoms. The van der Waals surface area contributed by atoms with E-state index in [1.54, 1.807) is 18.2 Å². The van der Waals surface area contributed by atoms with Crippen LogP contribution in [-0.2, 0) is 4.79 Å². The number of halogens is 2. The Balaban J connectivity index is 3.08. The Morgan fingerprint density at radius 2 is 2.08 bits per heavy atom. The molecule has 0 aliphatic carbocycles. The second-order valence-electron chi connectivity index (χ2n) is 2.41. The van der Waals surface area contributed by atoms with Crippen molar-refractivity contribution in [3.63, 3.8) is 0 Å². The molecule has 5 heteroatoms. The lowest BCUT2D eigenvalue weighted by molar-refractivity contribution is -0.136. The van der Waals surface area contributed by atoms with Gasteiger partial charge in [0.1, 0.15) is 5.25 Å². The predicted octanol–water partition coefficient (Wildman–Crippen LogP) is 3.27. The normalized spacial score (nSPS) is 12.5. The van der Waals surface area contributed by atoms with Gasteiger partial charge in [0, 0.05) is 8.95 Å². The predicted molar refractivity (Wildman–Crippen MR) is 61.2 cm³/mol. The number of thiol groups is 1. The molecule has 2 nitrogen and oxygen atoms in total. The van der Waals surface area contributed by atoms with Crippen molar-refractivity contribution in [2.75, 3.05) is 0 Å². The summed E-state index contributed by atoms with van der Waals surface area (Å²) in [6.07, 6.45) is 0. The van der Waals surface area contributed by atoms with Crippen LogP contribution in [0.15, 0.2) is 27.1 Å². The molecule has 1 atom stereocenters. The van der Waals surface area contributed by atoms with Gasteiger partial charge in [0.15, 0.2) is 0 Å². The summed E-state index contributed by atoms with van der Waals surface area (Å²) in [7, 11) is 0. The summed E-state index contributed by atoms with van der Waals surface area (Å²) >= 11 is 10.5. The van der Waals surface area contributed by atoms with Crippen LogP contribution in [0.2, 0.25) is 0 Å². The van der Waals surface area contributed by atoms with E-state index in [4.69, 9.17) is 5.11 Å². The molecule has 0 amide bonds. The van der Waals surface area contributed by atoms with Gasteiger partial charge in [-0.2, -0.15) is 12.6 Å². The molecule has 70 valence electrons. The van der Waals surface area contributed by atoms with Crippen LogP contribution in [0.1, 0.15) is 10.8 Å². The Morgan fingerprint density at radius 1 is 1.46 bits per heavy atom. The number of aliphatic carboxylic acids is 1. The molecule has 0 aliphatic rings. The highest BCUT2D eigenvalue weighted by Gasteiger charge is 2.17. The molecule has 1 unspecified atom stereocenters. The molecule has 0 aliphatic heterocycles. The van der Waals surface area contributed by atoms with Gasteiger partial charge in [-0.15, -0.1) is 0 Å². The fourth-order valence-corrected chi connectivity index (χ4v) is 2.53. The average molecular weight is 326 g/mol. The summed E-state index contributed by atoms with van der Waals surface area (Å²) < 4.78 is 1.64. The largest absolute Gasteiger partial charge is 0.480 e. The van der Waals surface area contributed by atoms with Gasteiger partial charge in [0.2, 0.25) is 0 Å². The Morgan fingerprint density at radius 3 is 2.54 bits per heavy atom. The van der Waals surface area contributed by atoms with E-state index in [9.17, 15) is 4.79 Å². The van der Waals surface area contributed by atoms with Crippen LogP contribution in [0.5, 0.6) is 0 Å². The molecule has 0 spiro atoms. The van der Waals surface area contributed by atoms with Gasteiger partial charge >= 0.3 is 5.97 Å². The topological polar surface area (TPSA) is 37.3 Å². The number of rotatable bonds is 2. The van der Waals surface area contributed by atoms with Crippen LogP contribution in [0.4, 0.5) is 0 Å². The Hall–Kier alpha value is -0.000000000000000111. The molecule has 0 heterocycles. The van der Waals surface area contributed by atoms with Gasteiger partial charge in [-0.05, 0) is 17.7 Å². The zero-order valence-corrected chi connectivity index (χ0v) is 10.4. The van der Waals surface area contributed by atoms with E-state index in [1.165, 1.54) is 0 Å². The van der Waals surface area contributed by atoms with E-state index in [0.717, 1.165) is 8.95 Å². The van der Waals surface area contributed by atoms with Crippen LogP contribution >= 0.6 is 44.5 Å². The Bertz CT molecular complexity index is 341. The van der Waals surface area contributed by atoms with Gasteiger partial charge in [-0.3, -0.25) is 4.79 Å². The third-order valence-electron chi connectivity index (χ3n) is 1.49. The second kappa shape index (κ2) is 4.48. The number of hydrogen-bond donors (Lipinski definition) is 2. The summed E-state index contributed by atoms with van der Waals surface area (Å²) in [5.74, 6) is -0.952. The lowest BCUT2D eigenvalue weighted by Crippen LogP contribution is -2.05. The summed E-state index contributed by atoms with van der Waals surface area (Å²) in [5.41, 5.74) is 0.652. The number of hydrogen-bond acceptors (Lipinski definition) is 2. The zero-order chi connectivity index (χ0) is 10.0. The molecule has 0 radical (unpaired) electrons. The van der Waals surface area contributed by atoms with E-state index in [-0.39, 0.29) is 0 Å². The Labute approximate surface area is 98.0 Å². The van der Waals surface area contributed by atoms with Crippen LogP contribution in [-0.4, -0.2) is 11.1 Å². The van der Waals surface area contributed by atoms with Crippen LogP contribution < -0.4 is 0 Å². The van der Waals surface area contributed by atoms with Crippen molar-refractivity contribution in [2.24, 2.45) is 0 Å². The Kier molecular flexibility index (Phi) is 3.82. The molecule has 0 fully saturated rings. The van der Waals surface area contributed by atoms with Crippen molar-refractivity contribution in [1.29, 1.82) is 0 Å². The van der Waals surface area contributed by atoms with Crippen LogP contribution in [0.25, 0.3) is 0 Å². The van der Waals surface area contributed by atoms with E-state index < -0.39 is 11.2 Å². The van der Waals surface area contributed by atoms with Crippen LogP contribution in [0, 0.1) is 0 Å². The monoisotopic (exact) mass is 324 g/mol. The first-order chi connectivity index (χ1) is 6.02. The number of carboxylic acid groups (broad SMARTS) is 1. The summed E-state index contributed by atoms with van der Waals surface area (Å²) in [6.45, 7) is 0. The first-order valence-electron chi connectivity index (χ1n) is 3.38. The number of carboxylic acids is 1. The molecule has 0 bridgehead atoms. The lowest BCUT2D eigenvalue weighted by atomic mass is 10.1.